The van der Waals surface area contributed by atoms with Crippen LogP contribution in [0.25, 0.3) is 0 Å². The number of hydrogen-bond donors (Lipinski definition) is 0. The summed E-state index contributed by atoms with van der Waals surface area (Å²) in [7, 11) is -3.50. The Labute approximate surface area is 236 Å². The van der Waals surface area contributed by atoms with Crippen molar-refractivity contribution in [3.05, 3.63) is 99.5 Å². The van der Waals surface area contributed by atoms with Crippen molar-refractivity contribution in [3.8, 4) is 5.75 Å². The van der Waals surface area contributed by atoms with Gasteiger partial charge in [0.1, 0.15) is 18.5 Å². The second kappa shape index (κ2) is 14.7. The largest absolute Gasteiger partial charge is 0.493 e. The number of benzene rings is 3. The predicted octanol–water partition coefficient (Wildman–Crippen LogP) is 7.29. The first-order valence-electron chi connectivity index (χ1n) is 11.6. The van der Waals surface area contributed by atoms with Crippen molar-refractivity contribution in [3.63, 3.8) is 0 Å². The zero-order valence-corrected chi connectivity index (χ0v) is 22.4. The fourth-order valence-corrected chi connectivity index (χ4v) is 4.64. The van der Waals surface area contributed by atoms with Crippen molar-refractivity contribution >= 4 is 38.8 Å². The van der Waals surface area contributed by atoms with Crippen LogP contribution in [0.5, 0.6) is 5.75 Å². The second-order valence-corrected chi connectivity index (χ2v) is 11.6. The molecular formula is C28H29Cl2F3O5S. The molecule has 0 N–H and O–H groups in total. The molecular weight excluding hydrogens is 576 g/mol. The standard InChI is InChI=1S/C27H25Cl2F3O5S.CH4/c28-22-8-4-20(5-9-22)26(21-6-10-23(29)11-7-21)37-16-18-38(34,35)17-15-36-24-12-1-19(2-13-24)3-14-25(33)27(30,31)32;/h1-2,4-13,26H,3,14-18H2;1H4. The lowest BCUT2D eigenvalue weighted by Crippen LogP contribution is -2.22. The fourth-order valence-electron chi connectivity index (χ4n) is 3.49. The van der Waals surface area contributed by atoms with E-state index in [-0.39, 0.29) is 38.6 Å². The summed E-state index contributed by atoms with van der Waals surface area (Å²) in [6.45, 7) is -0.157. The first-order valence-corrected chi connectivity index (χ1v) is 14.2. The number of aryl methyl sites for hydroxylation is 1. The maximum atomic E-state index is 12.5. The minimum Gasteiger partial charge on any atom is -0.493 e. The molecule has 0 radical (unpaired) electrons. The molecule has 0 aromatic heterocycles. The molecule has 0 saturated carbocycles. The van der Waals surface area contributed by atoms with E-state index in [1.165, 1.54) is 24.3 Å². The molecule has 3 aromatic carbocycles. The van der Waals surface area contributed by atoms with Crippen molar-refractivity contribution in [1.29, 1.82) is 0 Å². The van der Waals surface area contributed by atoms with E-state index >= 15 is 0 Å². The van der Waals surface area contributed by atoms with Crippen molar-refractivity contribution in [2.24, 2.45) is 0 Å². The van der Waals surface area contributed by atoms with Gasteiger partial charge in [-0.05, 0) is 59.5 Å². The Bertz CT molecular complexity index is 1250. The third kappa shape index (κ3) is 10.8. The van der Waals surface area contributed by atoms with Gasteiger partial charge in [0, 0.05) is 16.5 Å². The van der Waals surface area contributed by atoms with Gasteiger partial charge in [0.2, 0.25) is 5.78 Å². The van der Waals surface area contributed by atoms with E-state index < -0.39 is 34.3 Å². The Morgan fingerprint density at radius 3 is 1.77 bits per heavy atom. The van der Waals surface area contributed by atoms with Crippen molar-refractivity contribution in [2.75, 3.05) is 24.7 Å². The van der Waals surface area contributed by atoms with Crippen LogP contribution in [-0.4, -0.2) is 45.1 Å². The number of alkyl halides is 3. The summed E-state index contributed by atoms with van der Waals surface area (Å²) in [6.07, 6.45) is -6.05. The van der Waals surface area contributed by atoms with Crippen LogP contribution >= 0.6 is 23.2 Å². The molecule has 3 aromatic rings. The molecule has 11 heteroatoms. The Kier molecular flexibility index (Phi) is 12.3. The van der Waals surface area contributed by atoms with Gasteiger partial charge in [0.25, 0.3) is 0 Å². The minimum atomic E-state index is -4.84. The predicted molar refractivity (Wildman–Crippen MR) is 147 cm³/mol. The summed E-state index contributed by atoms with van der Waals surface area (Å²) < 4.78 is 73.4. The number of carbonyl (C=O) groups is 1. The van der Waals surface area contributed by atoms with Gasteiger partial charge in [-0.1, -0.05) is 67.0 Å². The number of ketones is 1. The van der Waals surface area contributed by atoms with E-state index in [2.05, 4.69) is 0 Å². The van der Waals surface area contributed by atoms with E-state index in [4.69, 9.17) is 32.7 Å². The first kappa shape index (κ1) is 32.6. The fraction of sp³-hybridized carbons (Fsp3) is 0.321. The van der Waals surface area contributed by atoms with E-state index in [0.29, 0.717) is 21.4 Å². The normalized spacial score (nSPS) is 11.7. The molecule has 0 unspecified atom stereocenters. The highest BCUT2D eigenvalue weighted by atomic mass is 35.5. The minimum absolute atomic E-state index is 0. The highest BCUT2D eigenvalue weighted by Crippen LogP contribution is 2.28. The lowest BCUT2D eigenvalue weighted by atomic mass is 10.0. The highest BCUT2D eigenvalue weighted by Gasteiger charge is 2.37. The number of Topliss-reactive ketones (excluding diaryl/α,β-unsaturated/α-hetero) is 1. The summed E-state index contributed by atoms with van der Waals surface area (Å²) in [5, 5.41) is 1.13. The van der Waals surface area contributed by atoms with Crippen LogP contribution in [0.2, 0.25) is 10.0 Å². The van der Waals surface area contributed by atoms with E-state index in [1.54, 1.807) is 24.3 Å². The van der Waals surface area contributed by atoms with Crippen molar-refractivity contribution < 1.29 is 35.9 Å². The number of sulfone groups is 1. The summed E-state index contributed by atoms with van der Waals surface area (Å²) in [5.74, 6) is -1.88. The van der Waals surface area contributed by atoms with E-state index in [0.717, 1.165) is 11.1 Å². The number of ether oxygens (including phenoxy) is 2. The number of halogens is 5. The number of carbonyl (C=O) groups excluding carboxylic acids is 1. The molecule has 0 saturated heterocycles. The van der Waals surface area contributed by atoms with Crippen molar-refractivity contribution in [1.82, 2.24) is 0 Å². The third-order valence-electron chi connectivity index (χ3n) is 5.57. The zero-order chi connectivity index (χ0) is 27.8. The number of rotatable bonds is 13. The van der Waals surface area contributed by atoms with Gasteiger partial charge in [-0.2, -0.15) is 13.2 Å². The van der Waals surface area contributed by atoms with Crippen LogP contribution in [0.1, 0.15) is 36.6 Å². The van der Waals surface area contributed by atoms with Crippen molar-refractivity contribution in [2.45, 2.75) is 32.5 Å². The Morgan fingerprint density at radius 1 is 0.795 bits per heavy atom. The molecule has 212 valence electrons. The van der Waals surface area contributed by atoms with Crippen LogP contribution in [0.4, 0.5) is 13.2 Å². The third-order valence-corrected chi connectivity index (χ3v) is 7.65. The van der Waals surface area contributed by atoms with Gasteiger partial charge in [-0.25, -0.2) is 8.42 Å². The summed E-state index contributed by atoms with van der Waals surface area (Å²) >= 11 is 12.0. The molecule has 0 bridgehead atoms. The first-order chi connectivity index (χ1) is 17.9. The van der Waals surface area contributed by atoms with Crippen LogP contribution in [-0.2, 0) is 25.8 Å². The summed E-state index contributed by atoms with van der Waals surface area (Å²) in [5.41, 5.74) is 2.16. The second-order valence-electron chi connectivity index (χ2n) is 8.42. The maximum absolute atomic E-state index is 12.5. The molecule has 0 amide bonds. The zero-order valence-electron chi connectivity index (χ0n) is 20.1. The average molecular weight is 606 g/mol. The lowest BCUT2D eigenvalue weighted by Gasteiger charge is -2.19. The molecule has 5 nitrogen and oxygen atoms in total. The average Bonchev–Trinajstić information content (AvgIpc) is 2.87. The quantitative estimate of drug-likeness (QED) is 0.205. The van der Waals surface area contributed by atoms with Gasteiger partial charge < -0.3 is 9.47 Å². The molecule has 3 rings (SSSR count). The maximum Gasteiger partial charge on any atom is 0.449 e. The van der Waals surface area contributed by atoms with Gasteiger partial charge in [-0.15, -0.1) is 0 Å². The Balaban J connectivity index is 0.00000533. The molecule has 0 aliphatic rings. The van der Waals surface area contributed by atoms with Crippen LogP contribution < -0.4 is 4.74 Å². The van der Waals surface area contributed by atoms with Gasteiger partial charge >= 0.3 is 6.18 Å². The van der Waals surface area contributed by atoms with E-state index in [1.807, 2.05) is 24.3 Å². The molecule has 0 atom stereocenters. The molecule has 0 fully saturated rings. The molecule has 0 aliphatic carbocycles. The smallest absolute Gasteiger partial charge is 0.449 e. The monoisotopic (exact) mass is 604 g/mol. The van der Waals surface area contributed by atoms with Crippen LogP contribution in [0.3, 0.4) is 0 Å². The Hall–Kier alpha value is -2.59. The molecule has 0 spiro atoms. The molecule has 0 aliphatic heterocycles. The van der Waals surface area contributed by atoms with Crippen LogP contribution in [0, 0.1) is 0 Å². The van der Waals surface area contributed by atoms with Gasteiger partial charge in [0.15, 0.2) is 9.84 Å². The van der Waals surface area contributed by atoms with Crippen LogP contribution in [0.15, 0.2) is 72.8 Å². The Morgan fingerprint density at radius 2 is 1.28 bits per heavy atom. The summed E-state index contributed by atoms with van der Waals surface area (Å²) in [6, 6.07) is 20.3. The highest BCUT2D eigenvalue weighted by molar-refractivity contribution is 7.91. The van der Waals surface area contributed by atoms with E-state index in [9.17, 15) is 26.4 Å². The molecule has 39 heavy (non-hydrogen) atoms. The van der Waals surface area contributed by atoms with Gasteiger partial charge in [-0.3, -0.25) is 4.79 Å². The topological polar surface area (TPSA) is 69.7 Å². The van der Waals surface area contributed by atoms with Gasteiger partial charge in [0.05, 0.1) is 18.1 Å². The lowest BCUT2D eigenvalue weighted by molar-refractivity contribution is -0.171. The molecule has 0 heterocycles. The summed E-state index contributed by atoms with van der Waals surface area (Å²) in [4.78, 5) is 11.0. The number of hydrogen-bond acceptors (Lipinski definition) is 5. The SMILES string of the molecule is C.O=C(CCc1ccc(OCCS(=O)(=O)CCOC(c2ccc(Cl)cc2)c2ccc(Cl)cc2)cc1)C(F)(F)F.